The predicted octanol–water partition coefficient (Wildman–Crippen LogP) is 10.1. The maximum Gasteiger partial charge on any atom is 0.0708 e. The summed E-state index contributed by atoms with van der Waals surface area (Å²) < 4.78 is 0. The van der Waals surface area contributed by atoms with Crippen molar-refractivity contribution in [2.45, 2.75) is 0 Å². The SMILES string of the molecule is c1ccc2c(c1)ccc1cc(-c3cc(-c4cccc5ncccc45)cc(-c4cccc5ncccc45)c3)ccc12. The Bertz CT molecular complexity index is 2120. The van der Waals surface area contributed by atoms with E-state index in [0.717, 1.165) is 21.8 Å². The molecule has 40 heavy (non-hydrogen) atoms. The zero-order chi connectivity index (χ0) is 26.5. The molecule has 0 saturated carbocycles. The van der Waals surface area contributed by atoms with E-state index in [1.165, 1.54) is 54.9 Å². The Balaban J connectivity index is 1.39. The topological polar surface area (TPSA) is 25.8 Å². The molecule has 8 rings (SSSR count). The molecule has 2 heteroatoms. The minimum absolute atomic E-state index is 0.999. The summed E-state index contributed by atoms with van der Waals surface area (Å²) in [6.07, 6.45) is 3.71. The Morgan fingerprint density at radius 3 is 1.60 bits per heavy atom. The van der Waals surface area contributed by atoms with Crippen LogP contribution in [0.1, 0.15) is 0 Å². The maximum absolute atomic E-state index is 4.62. The molecule has 0 unspecified atom stereocenters. The van der Waals surface area contributed by atoms with Crippen molar-refractivity contribution in [1.29, 1.82) is 0 Å². The van der Waals surface area contributed by atoms with Gasteiger partial charge in [0.15, 0.2) is 0 Å². The Morgan fingerprint density at radius 2 is 0.900 bits per heavy atom. The van der Waals surface area contributed by atoms with Crippen LogP contribution in [0, 0.1) is 0 Å². The van der Waals surface area contributed by atoms with Gasteiger partial charge in [0.25, 0.3) is 0 Å². The summed E-state index contributed by atoms with van der Waals surface area (Å²) in [5.74, 6) is 0. The first-order valence-electron chi connectivity index (χ1n) is 13.6. The molecule has 0 saturated heterocycles. The molecule has 6 aromatic carbocycles. The molecule has 0 aliphatic carbocycles. The van der Waals surface area contributed by atoms with E-state index in [0.29, 0.717) is 0 Å². The van der Waals surface area contributed by atoms with Gasteiger partial charge in [-0.15, -0.1) is 0 Å². The van der Waals surface area contributed by atoms with Gasteiger partial charge in [-0.1, -0.05) is 84.9 Å². The van der Waals surface area contributed by atoms with Crippen LogP contribution in [0.3, 0.4) is 0 Å². The number of benzene rings is 6. The van der Waals surface area contributed by atoms with Gasteiger partial charge >= 0.3 is 0 Å². The van der Waals surface area contributed by atoms with Gasteiger partial charge in [-0.25, -0.2) is 0 Å². The summed E-state index contributed by atoms with van der Waals surface area (Å²) in [4.78, 5) is 9.24. The molecule has 186 valence electrons. The van der Waals surface area contributed by atoms with Gasteiger partial charge in [-0.05, 0) is 103 Å². The molecule has 0 aliphatic heterocycles. The van der Waals surface area contributed by atoms with Crippen LogP contribution in [-0.2, 0) is 0 Å². The molecule has 2 heterocycles. The summed E-state index contributed by atoms with van der Waals surface area (Å²) in [5.41, 5.74) is 9.08. The van der Waals surface area contributed by atoms with Gasteiger partial charge in [0.05, 0.1) is 11.0 Å². The minimum atomic E-state index is 0.999. The first kappa shape index (κ1) is 22.6. The standard InChI is InChI=1S/C38H24N2/c1-2-8-31-25(7-1)15-16-27-21-26(17-18-34(27)31)28-22-29(32-9-3-13-37-35(32)11-5-19-39-37)24-30(23-28)33-10-4-14-38-36(33)12-6-20-40-38/h1-24H. The van der Waals surface area contributed by atoms with Crippen molar-refractivity contribution in [2.24, 2.45) is 0 Å². The molecule has 0 bridgehead atoms. The molecule has 2 nitrogen and oxygen atoms in total. The molecule has 8 aromatic rings. The number of aromatic nitrogens is 2. The Hall–Kier alpha value is -5.34. The smallest absolute Gasteiger partial charge is 0.0708 e. The Labute approximate surface area is 232 Å². The highest BCUT2D eigenvalue weighted by atomic mass is 14.6. The third-order valence-corrected chi connectivity index (χ3v) is 7.92. The van der Waals surface area contributed by atoms with Gasteiger partial charge < -0.3 is 0 Å². The van der Waals surface area contributed by atoms with E-state index in [4.69, 9.17) is 0 Å². The van der Waals surface area contributed by atoms with Crippen molar-refractivity contribution in [1.82, 2.24) is 9.97 Å². The largest absolute Gasteiger partial charge is 0.256 e. The van der Waals surface area contributed by atoms with Crippen LogP contribution in [0.5, 0.6) is 0 Å². The van der Waals surface area contributed by atoms with E-state index in [9.17, 15) is 0 Å². The van der Waals surface area contributed by atoms with E-state index in [-0.39, 0.29) is 0 Å². The second-order valence-corrected chi connectivity index (χ2v) is 10.3. The molecule has 0 aliphatic rings. The van der Waals surface area contributed by atoms with Gasteiger partial charge in [0.2, 0.25) is 0 Å². The molecular formula is C38H24N2. The highest BCUT2D eigenvalue weighted by Crippen LogP contribution is 2.38. The number of hydrogen-bond donors (Lipinski definition) is 0. The Kier molecular flexibility index (Phi) is 5.17. The van der Waals surface area contributed by atoms with Crippen molar-refractivity contribution in [2.75, 3.05) is 0 Å². The number of fused-ring (bicyclic) bond motifs is 5. The summed E-state index contributed by atoms with van der Waals surface area (Å²) in [5, 5.41) is 7.37. The van der Waals surface area contributed by atoms with Crippen LogP contribution in [0.2, 0.25) is 0 Å². The van der Waals surface area contributed by atoms with Crippen LogP contribution in [0.25, 0.3) is 76.7 Å². The van der Waals surface area contributed by atoms with E-state index >= 15 is 0 Å². The second kappa shape index (κ2) is 9.14. The van der Waals surface area contributed by atoms with E-state index in [1.54, 1.807) is 0 Å². The summed E-state index contributed by atoms with van der Waals surface area (Å²) in [7, 11) is 0. The number of nitrogens with zero attached hydrogens (tertiary/aromatic N) is 2. The zero-order valence-electron chi connectivity index (χ0n) is 21.8. The molecule has 2 aromatic heterocycles. The van der Waals surface area contributed by atoms with Gasteiger partial charge in [-0.2, -0.15) is 0 Å². The predicted molar refractivity (Wildman–Crippen MR) is 168 cm³/mol. The molecule has 0 radical (unpaired) electrons. The molecule has 0 atom stereocenters. The van der Waals surface area contributed by atoms with Gasteiger partial charge in [0.1, 0.15) is 0 Å². The van der Waals surface area contributed by atoms with Crippen LogP contribution >= 0.6 is 0 Å². The fraction of sp³-hybridized carbons (Fsp3) is 0. The van der Waals surface area contributed by atoms with Gasteiger partial charge in [0, 0.05) is 23.2 Å². The molecule has 0 amide bonds. The van der Waals surface area contributed by atoms with Crippen LogP contribution in [-0.4, -0.2) is 9.97 Å². The summed E-state index contributed by atoms with van der Waals surface area (Å²) >= 11 is 0. The van der Waals surface area contributed by atoms with Crippen LogP contribution in [0.4, 0.5) is 0 Å². The van der Waals surface area contributed by atoms with Crippen molar-refractivity contribution in [3.63, 3.8) is 0 Å². The zero-order valence-corrected chi connectivity index (χ0v) is 21.8. The average Bonchev–Trinajstić information content (AvgIpc) is 3.03. The molecule has 0 N–H and O–H groups in total. The van der Waals surface area contributed by atoms with Crippen molar-refractivity contribution in [3.05, 3.63) is 146 Å². The normalized spacial score (nSPS) is 11.5. The average molecular weight is 509 g/mol. The number of pyridine rings is 2. The van der Waals surface area contributed by atoms with E-state index < -0.39 is 0 Å². The van der Waals surface area contributed by atoms with Crippen LogP contribution < -0.4 is 0 Å². The lowest BCUT2D eigenvalue weighted by Crippen LogP contribution is -1.89. The highest BCUT2D eigenvalue weighted by Gasteiger charge is 2.13. The third kappa shape index (κ3) is 3.73. The Morgan fingerprint density at radius 1 is 0.325 bits per heavy atom. The lowest BCUT2D eigenvalue weighted by Gasteiger charge is -2.14. The molecule has 0 spiro atoms. The quantitative estimate of drug-likeness (QED) is 0.222. The van der Waals surface area contributed by atoms with Crippen molar-refractivity contribution in [3.8, 4) is 33.4 Å². The van der Waals surface area contributed by atoms with Crippen molar-refractivity contribution >= 4 is 43.4 Å². The number of hydrogen-bond acceptors (Lipinski definition) is 2. The maximum atomic E-state index is 4.62. The fourth-order valence-electron chi connectivity index (χ4n) is 6.01. The van der Waals surface area contributed by atoms with Crippen molar-refractivity contribution < 1.29 is 0 Å². The third-order valence-electron chi connectivity index (χ3n) is 7.92. The van der Waals surface area contributed by atoms with Crippen LogP contribution in [0.15, 0.2) is 146 Å². The van der Waals surface area contributed by atoms with Gasteiger partial charge in [-0.3, -0.25) is 9.97 Å². The molecular weight excluding hydrogens is 484 g/mol. The summed E-state index contributed by atoms with van der Waals surface area (Å²) in [6.45, 7) is 0. The first-order chi connectivity index (χ1) is 19.8. The molecule has 0 fully saturated rings. The lowest BCUT2D eigenvalue weighted by molar-refractivity contribution is 1.41. The van der Waals surface area contributed by atoms with E-state index in [1.807, 2.05) is 24.5 Å². The second-order valence-electron chi connectivity index (χ2n) is 10.3. The summed E-state index contributed by atoms with van der Waals surface area (Å²) in [6, 6.07) is 47.9. The minimum Gasteiger partial charge on any atom is -0.256 e. The van der Waals surface area contributed by atoms with E-state index in [2.05, 4.69) is 131 Å². The first-order valence-corrected chi connectivity index (χ1v) is 13.6. The number of rotatable bonds is 3. The highest BCUT2D eigenvalue weighted by molar-refractivity contribution is 6.08. The lowest BCUT2D eigenvalue weighted by atomic mass is 9.90. The fourth-order valence-corrected chi connectivity index (χ4v) is 6.01. The monoisotopic (exact) mass is 508 g/mol.